The molecule has 0 saturated carbocycles. The molecule has 32 heavy (non-hydrogen) atoms. The van der Waals surface area contributed by atoms with Crippen LogP contribution in [0.2, 0.25) is 0 Å². The first-order valence-electron chi connectivity index (χ1n) is 10.6. The molecule has 0 aliphatic carbocycles. The topological polar surface area (TPSA) is 59.8 Å². The van der Waals surface area contributed by atoms with Crippen LogP contribution < -0.4 is 5.32 Å². The van der Waals surface area contributed by atoms with Crippen molar-refractivity contribution in [2.75, 3.05) is 0 Å². The molecule has 1 N–H and O–H groups in total. The lowest BCUT2D eigenvalue weighted by molar-refractivity contribution is -0.121. The van der Waals surface area contributed by atoms with Crippen molar-refractivity contribution in [3.05, 3.63) is 95.4 Å². The summed E-state index contributed by atoms with van der Waals surface area (Å²) in [5.74, 6) is -1.18. The Morgan fingerprint density at radius 2 is 1.88 bits per heavy atom. The quantitative estimate of drug-likeness (QED) is 0.427. The van der Waals surface area contributed by atoms with Crippen LogP contribution in [0.4, 0.5) is 8.78 Å². The highest BCUT2D eigenvalue weighted by atomic mass is 19.2. The van der Waals surface area contributed by atoms with Gasteiger partial charge in [0.05, 0.1) is 12.6 Å². The van der Waals surface area contributed by atoms with Gasteiger partial charge in [-0.3, -0.25) is 4.79 Å². The molecule has 1 atom stereocenters. The van der Waals surface area contributed by atoms with Crippen LogP contribution in [0.25, 0.3) is 11.2 Å². The molecule has 7 heteroatoms. The number of halogens is 2. The van der Waals surface area contributed by atoms with Crippen LogP contribution in [0.1, 0.15) is 42.8 Å². The Hall–Kier alpha value is -3.61. The summed E-state index contributed by atoms with van der Waals surface area (Å²) in [5.41, 5.74) is 3.00. The molecular weight excluding hydrogens is 410 g/mol. The molecule has 0 aliphatic rings. The van der Waals surface area contributed by atoms with Gasteiger partial charge in [-0.2, -0.15) is 0 Å². The Morgan fingerprint density at radius 3 is 2.62 bits per heavy atom. The van der Waals surface area contributed by atoms with Gasteiger partial charge in [-0.05, 0) is 41.8 Å². The SMILES string of the molecule is CC[C@H](NC(=O)CCc1nc2cccnc2n1Cc1ccc(F)c(F)c1)c1ccccc1. The molecule has 1 amide bonds. The van der Waals surface area contributed by atoms with Crippen molar-refractivity contribution in [3.8, 4) is 0 Å². The Labute approximate surface area is 185 Å². The van der Waals surface area contributed by atoms with Crippen LogP contribution in [0, 0.1) is 11.6 Å². The number of imidazole rings is 1. The van der Waals surface area contributed by atoms with E-state index in [0.29, 0.717) is 29.0 Å². The molecular formula is C25H24F2N4O. The number of rotatable bonds is 8. The predicted octanol–water partition coefficient (Wildman–Crippen LogP) is 4.96. The number of nitrogens with zero attached hydrogens (tertiary/aromatic N) is 3. The monoisotopic (exact) mass is 434 g/mol. The van der Waals surface area contributed by atoms with Crippen molar-refractivity contribution in [1.29, 1.82) is 0 Å². The fraction of sp³-hybridized carbons (Fsp3) is 0.240. The fourth-order valence-corrected chi connectivity index (χ4v) is 3.78. The second-order valence-corrected chi connectivity index (χ2v) is 7.65. The molecule has 4 rings (SSSR count). The van der Waals surface area contributed by atoms with Crippen molar-refractivity contribution in [1.82, 2.24) is 19.9 Å². The van der Waals surface area contributed by atoms with Gasteiger partial charge in [0.15, 0.2) is 17.3 Å². The van der Waals surface area contributed by atoms with Crippen molar-refractivity contribution in [3.63, 3.8) is 0 Å². The lowest BCUT2D eigenvalue weighted by Crippen LogP contribution is -2.28. The van der Waals surface area contributed by atoms with E-state index in [-0.39, 0.29) is 24.9 Å². The molecule has 0 saturated heterocycles. The molecule has 0 fully saturated rings. The van der Waals surface area contributed by atoms with Crippen LogP contribution in [0.3, 0.4) is 0 Å². The number of hydrogen-bond acceptors (Lipinski definition) is 3. The summed E-state index contributed by atoms with van der Waals surface area (Å²) >= 11 is 0. The standard InChI is InChI=1S/C25H24F2N4O/c1-2-21(18-7-4-3-5-8-18)30-24(32)13-12-23-29-22-9-6-14-28-25(22)31(23)16-17-10-11-19(26)20(27)15-17/h3-11,14-15,21H,2,12-13,16H2,1H3,(H,30,32)/t21-/m0/s1. The van der Waals surface area contributed by atoms with E-state index < -0.39 is 11.6 Å². The van der Waals surface area contributed by atoms with Gasteiger partial charge < -0.3 is 9.88 Å². The zero-order valence-electron chi connectivity index (χ0n) is 17.8. The molecule has 2 heterocycles. The molecule has 0 unspecified atom stereocenters. The maximum atomic E-state index is 13.7. The molecule has 0 bridgehead atoms. The first-order chi connectivity index (χ1) is 15.5. The van der Waals surface area contributed by atoms with Crippen molar-refractivity contribution in [2.45, 2.75) is 38.8 Å². The Kier molecular flexibility index (Phi) is 6.54. The highest BCUT2D eigenvalue weighted by molar-refractivity contribution is 5.77. The van der Waals surface area contributed by atoms with Gasteiger partial charge in [0, 0.05) is 19.0 Å². The molecule has 5 nitrogen and oxygen atoms in total. The number of fused-ring (bicyclic) bond motifs is 1. The van der Waals surface area contributed by atoms with Gasteiger partial charge in [-0.15, -0.1) is 0 Å². The molecule has 2 aromatic heterocycles. The maximum Gasteiger partial charge on any atom is 0.220 e. The molecule has 0 radical (unpaired) electrons. The van der Waals surface area contributed by atoms with E-state index in [2.05, 4.69) is 15.3 Å². The Morgan fingerprint density at radius 1 is 1.06 bits per heavy atom. The van der Waals surface area contributed by atoms with E-state index in [9.17, 15) is 13.6 Å². The summed E-state index contributed by atoms with van der Waals surface area (Å²) in [6, 6.07) is 17.3. The minimum atomic E-state index is -0.896. The van der Waals surface area contributed by atoms with Gasteiger partial charge in [0.2, 0.25) is 5.91 Å². The number of carbonyl (C=O) groups is 1. The summed E-state index contributed by atoms with van der Waals surface area (Å²) < 4.78 is 28.9. The fourth-order valence-electron chi connectivity index (χ4n) is 3.78. The first kappa shape index (κ1) is 21.6. The molecule has 0 aliphatic heterocycles. The third-order valence-electron chi connectivity index (χ3n) is 5.43. The minimum Gasteiger partial charge on any atom is -0.349 e. The maximum absolute atomic E-state index is 13.7. The van der Waals surface area contributed by atoms with Gasteiger partial charge in [-0.1, -0.05) is 43.3 Å². The number of carbonyl (C=O) groups excluding carboxylic acids is 1. The zero-order valence-corrected chi connectivity index (χ0v) is 17.8. The van der Waals surface area contributed by atoms with Crippen LogP contribution in [-0.2, 0) is 17.8 Å². The summed E-state index contributed by atoms with van der Waals surface area (Å²) in [5, 5.41) is 3.09. The second kappa shape index (κ2) is 9.68. The zero-order chi connectivity index (χ0) is 22.5. The van der Waals surface area contributed by atoms with Crippen LogP contribution >= 0.6 is 0 Å². The number of hydrogen-bond donors (Lipinski definition) is 1. The van der Waals surface area contributed by atoms with Crippen molar-refractivity contribution >= 4 is 17.1 Å². The summed E-state index contributed by atoms with van der Waals surface area (Å²) in [6.45, 7) is 2.31. The molecule has 0 spiro atoms. The van der Waals surface area contributed by atoms with E-state index in [1.807, 2.05) is 47.9 Å². The highest BCUT2D eigenvalue weighted by Gasteiger charge is 2.16. The van der Waals surface area contributed by atoms with Crippen molar-refractivity contribution in [2.24, 2.45) is 0 Å². The summed E-state index contributed by atoms with van der Waals surface area (Å²) in [4.78, 5) is 21.7. The molecule has 2 aromatic carbocycles. The Balaban J connectivity index is 1.52. The number of pyridine rings is 1. The van der Waals surface area contributed by atoms with E-state index in [1.165, 1.54) is 12.1 Å². The average molecular weight is 434 g/mol. The number of nitrogens with one attached hydrogen (secondary N) is 1. The van der Waals surface area contributed by atoms with E-state index in [4.69, 9.17) is 0 Å². The third kappa shape index (κ3) is 4.82. The summed E-state index contributed by atoms with van der Waals surface area (Å²) in [6.07, 6.45) is 3.10. The number of aryl methyl sites for hydroxylation is 1. The summed E-state index contributed by atoms with van der Waals surface area (Å²) in [7, 11) is 0. The Bertz CT molecular complexity index is 1220. The molecule has 4 aromatic rings. The van der Waals surface area contributed by atoms with Crippen LogP contribution in [-0.4, -0.2) is 20.4 Å². The van der Waals surface area contributed by atoms with Gasteiger partial charge >= 0.3 is 0 Å². The van der Waals surface area contributed by atoms with Gasteiger partial charge in [0.1, 0.15) is 11.3 Å². The average Bonchev–Trinajstić information content (AvgIpc) is 3.16. The minimum absolute atomic E-state index is 0.0497. The predicted molar refractivity (Wildman–Crippen MR) is 119 cm³/mol. The largest absolute Gasteiger partial charge is 0.349 e. The van der Waals surface area contributed by atoms with Crippen molar-refractivity contribution < 1.29 is 13.6 Å². The number of amides is 1. The number of aromatic nitrogens is 3. The van der Waals surface area contributed by atoms with Gasteiger partial charge in [0.25, 0.3) is 0 Å². The number of benzene rings is 2. The lowest BCUT2D eigenvalue weighted by Gasteiger charge is -2.17. The van der Waals surface area contributed by atoms with E-state index in [0.717, 1.165) is 18.1 Å². The van der Waals surface area contributed by atoms with Gasteiger partial charge in [-0.25, -0.2) is 18.7 Å². The highest BCUT2D eigenvalue weighted by Crippen LogP contribution is 2.20. The smallest absolute Gasteiger partial charge is 0.220 e. The molecule has 164 valence electrons. The first-order valence-corrected chi connectivity index (χ1v) is 10.6. The van der Waals surface area contributed by atoms with Crippen LogP contribution in [0.5, 0.6) is 0 Å². The normalized spacial score (nSPS) is 12.1. The van der Waals surface area contributed by atoms with Crippen LogP contribution in [0.15, 0.2) is 66.9 Å². The second-order valence-electron chi connectivity index (χ2n) is 7.65. The van der Waals surface area contributed by atoms with E-state index in [1.54, 1.807) is 12.3 Å². The third-order valence-corrected chi connectivity index (χ3v) is 5.43. The van der Waals surface area contributed by atoms with E-state index >= 15 is 0 Å². The lowest BCUT2D eigenvalue weighted by atomic mass is 10.0.